The summed E-state index contributed by atoms with van der Waals surface area (Å²) in [7, 11) is 0. The normalized spacial score (nSPS) is 18.8. The van der Waals surface area contributed by atoms with Crippen LogP contribution in [0.4, 0.5) is 5.69 Å². The molecule has 4 heteroatoms. The van der Waals surface area contributed by atoms with Crippen molar-refractivity contribution in [3.63, 3.8) is 0 Å². The van der Waals surface area contributed by atoms with E-state index in [4.69, 9.17) is 5.73 Å². The molecular weight excluding hydrogens is 238 g/mol. The van der Waals surface area contributed by atoms with Gasteiger partial charge in [0.2, 0.25) is 5.91 Å². The number of carbonyl (C=O) groups excluding carboxylic acids is 1. The van der Waals surface area contributed by atoms with Crippen molar-refractivity contribution in [2.45, 2.75) is 38.8 Å². The fourth-order valence-electron chi connectivity index (χ4n) is 2.69. The van der Waals surface area contributed by atoms with Crippen LogP contribution < -0.4 is 16.0 Å². The molecule has 1 saturated heterocycles. The van der Waals surface area contributed by atoms with E-state index in [0.29, 0.717) is 0 Å². The average Bonchev–Trinajstić information content (AvgIpc) is 2.89. The van der Waals surface area contributed by atoms with E-state index >= 15 is 0 Å². The lowest BCUT2D eigenvalue weighted by Gasteiger charge is -2.27. The zero-order valence-electron chi connectivity index (χ0n) is 11.6. The number of rotatable bonds is 6. The van der Waals surface area contributed by atoms with Crippen molar-refractivity contribution in [3.8, 4) is 0 Å². The second-order valence-corrected chi connectivity index (χ2v) is 5.06. The summed E-state index contributed by atoms with van der Waals surface area (Å²) in [6.45, 7) is 4.92. The van der Waals surface area contributed by atoms with E-state index < -0.39 is 0 Å². The second-order valence-electron chi connectivity index (χ2n) is 5.06. The van der Waals surface area contributed by atoms with Crippen LogP contribution in [0.3, 0.4) is 0 Å². The predicted octanol–water partition coefficient (Wildman–Crippen LogP) is 1.64. The summed E-state index contributed by atoms with van der Waals surface area (Å²) in [6.07, 6.45) is 3.02. The van der Waals surface area contributed by atoms with Crippen molar-refractivity contribution in [3.05, 3.63) is 29.8 Å². The molecule has 0 spiro atoms. The van der Waals surface area contributed by atoms with Gasteiger partial charge in [-0.05, 0) is 37.4 Å². The number of hydrogen-bond acceptors (Lipinski definition) is 3. The lowest BCUT2D eigenvalue weighted by atomic mass is 10.1. The van der Waals surface area contributed by atoms with E-state index in [1.807, 2.05) is 12.1 Å². The van der Waals surface area contributed by atoms with Crippen molar-refractivity contribution >= 4 is 11.6 Å². The highest BCUT2D eigenvalue weighted by molar-refractivity contribution is 5.84. The minimum atomic E-state index is -0.214. The number of benzene rings is 1. The zero-order chi connectivity index (χ0) is 13.7. The Morgan fingerprint density at radius 1 is 1.47 bits per heavy atom. The Hall–Kier alpha value is -1.55. The second kappa shape index (κ2) is 6.57. The molecule has 4 nitrogen and oxygen atoms in total. The van der Waals surface area contributed by atoms with E-state index in [-0.39, 0.29) is 11.9 Å². The van der Waals surface area contributed by atoms with Crippen LogP contribution in [-0.4, -0.2) is 25.0 Å². The Kier molecular flexibility index (Phi) is 4.80. The first kappa shape index (κ1) is 13.9. The van der Waals surface area contributed by atoms with E-state index in [1.54, 1.807) is 0 Å². The lowest BCUT2D eigenvalue weighted by molar-refractivity contribution is -0.119. The van der Waals surface area contributed by atoms with Gasteiger partial charge in [-0.25, -0.2) is 0 Å². The Bertz CT molecular complexity index is 433. The summed E-state index contributed by atoms with van der Waals surface area (Å²) in [4.78, 5) is 13.7. The van der Waals surface area contributed by atoms with Gasteiger partial charge in [0.1, 0.15) is 6.04 Å². The standard InChI is InChI=1S/C15H23N3O/c1-2-9-17-11-12-6-3-4-7-13(12)18-10-5-8-14(18)15(16)19/h3-4,6-7,14,17H,2,5,8-11H2,1H3,(H2,16,19). The van der Waals surface area contributed by atoms with E-state index in [0.717, 1.165) is 44.6 Å². The van der Waals surface area contributed by atoms with Gasteiger partial charge in [-0.15, -0.1) is 0 Å². The molecule has 3 N–H and O–H groups in total. The third kappa shape index (κ3) is 3.26. The van der Waals surface area contributed by atoms with Crippen LogP contribution in [0, 0.1) is 0 Å². The van der Waals surface area contributed by atoms with Gasteiger partial charge in [0.05, 0.1) is 0 Å². The summed E-state index contributed by atoms with van der Waals surface area (Å²) in [5, 5.41) is 3.42. The van der Waals surface area contributed by atoms with Crippen molar-refractivity contribution in [2.75, 3.05) is 18.0 Å². The van der Waals surface area contributed by atoms with Crippen molar-refractivity contribution < 1.29 is 4.79 Å². The number of amides is 1. The van der Waals surface area contributed by atoms with Crippen LogP contribution in [0.2, 0.25) is 0 Å². The van der Waals surface area contributed by atoms with Crippen LogP contribution >= 0.6 is 0 Å². The topological polar surface area (TPSA) is 58.4 Å². The first-order valence-electron chi connectivity index (χ1n) is 7.08. The molecule has 1 atom stereocenters. The molecule has 1 aliphatic rings. The molecule has 1 unspecified atom stereocenters. The molecule has 0 aromatic heterocycles. The maximum atomic E-state index is 11.5. The molecule has 0 bridgehead atoms. The number of nitrogens with two attached hydrogens (primary N) is 1. The Labute approximate surface area is 115 Å². The van der Waals surface area contributed by atoms with Crippen molar-refractivity contribution in [1.29, 1.82) is 0 Å². The van der Waals surface area contributed by atoms with Crippen molar-refractivity contribution in [1.82, 2.24) is 5.32 Å². The van der Waals surface area contributed by atoms with E-state index in [2.05, 4.69) is 29.3 Å². The number of carbonyl (C=O) groups is 1. The number of nitrogens with one attached hydrogen (secondary N) is 1. The van der Waals surface area contributed by atoms with Gasteiger partial charge in [0, 0.05) is 18.8 Å². The fourth-order valence-corrected chi connectivity index (χ4v) is 2.69. The first-order valence-corrected chi connectivity index (χ1v) is 7.08. The van der Waals surface area contributed by atoms with Gasteiger partial charge in [-0.3, -0.25) is 4.79 Å². The molecule has 1 heterocycles. The summed E-state index contributed by atoms with van der Waals surface area (Å²) < 4.78 is 0. The van der Waals surface area contributed by atoms with Crippen LogP contribution in [0.1, 0.15) is 31.7 Å². The summed E-state index contributed by atoms with van der Waals surface area (Å²) in [5.41, 5.74) is 7.89. The van der Waals surface area contributed by atoms with E-state index in [9.17, 15) is 4.79 Å². The highest BCUT2D eigenvalue weighted by Gasteiger charge is 2.30. The predicted molar refractivity (Wildman–Crippen MR) is 78.0 cm³/mol. The minimum Gasteiger partial charge on any atom is -0.368 e. The van der Waals surface area contributed by atoms with E-state index in [1.165, 1.54) is 5.56 Å². The van der Waals surface area contributed by atoms with Gasteiger partial charge < -0.3 is 16.0 Å². The van der Waals surface area contributed by atoms with Crippen molar-refractivity contribution in [2.24, 2.45) is 5.73 Å². The summed E-state index contributed by atoms with van der Waals surface area (Å²) in [6, 6.07) is 8.13. The number of hydrogen-bond donors (Lipinski definition) is 2. The smallest absolute Gasteiger partial charge is 0.240 e. The Morgan fingerprint density at radius 3 is 3.00 bits per heavy atom. The third-order valence-corrected chi connectivity index (χ3v) is 3.62. The van der Waals surface area contributed by atoms with Crippen LogP contribution in [-0.2, 0) is 11.3 Å². The summed E-state index contributed by atoms with van der Waals surface area (Å²) in [5.74, 6) is -0.214. The summed E-state index contributed by atoms with van der Waals surface area (Å²) >= 11 is 0. The number of nitrogens with zero attached hydrogens (tertiary/aromatic N) is 1. The molecule has 1 aromatic rings. The quantitative estimate of drug-likeness (QED) is 0.765. The van der Waals surface area contributed by atoms with Gasteiger partial charge in [0.25, 0.3) is 0 Å². The molecule has 1 aromatic carbocycles. The Morgan fingerprint density at radius 2 is 2.26 bits per heavy atom. The molecule has 0 radical (unpaired) electrons. The monoisotopic (exact) mass is 261 g/mol. The van der Waals surface area contributed by atoms with Crippen LogP contribution in [0.15, 0.2) is 24.3 Å². The maximum absolute atomic E-state index is 11.5. The number of para-hydroxylation sites is 1. The van der Waals surface area contributed by atoms with Gasteiger partial charge in [-0.1, -0.05) is 25.1 Å². The minimum absolute atomic E-state index is 0.146. The third-order valence-electron chi connectivity index (χ3n) is 3.62. The molecule has 1 fully saturated rings. The number of primary amides is 1. The maximum Gasteiger partial charge on any atom is 0.240 e. The van der Waals surface area contributed by atoms with Crippen LogP contribution in [0.5, 0.6) is 0 Å². The number of anilines is 1. The molecule has 1 aliphatic heterocycles. The SMILES string of the molecule is CCCNCc1ccccc1N1CCCC1C(N)=O. The molecule has 0 aliphatic carbocycles. The van der Waals surface area contributed by atoms with Gasteiger partial charge >= 0.3 is 0 Å². The molecule has 104 valence electrons. The molecule has 2 rings (SSSR count). The van der Waals surface area contributed by atoms with Crippen LogP contribution in [0.25, 0.3) is 0 Å². The first-order chi connectivity index (χ1) is 9.24. The van der Waals surface area contributed by atoms with Gasteiger partial charge in [-0.2, -0.15) is 0 Å². The molecular formula is C15H23N3O. The zero-order valence-corrected chi connectivity index (χ0v) is 11.6. The average molecular weight is 261 g/mol. The van der Waals surface area contributed by atoms with Gasteiger partial charge in [0.15, 0.2) is 0 Å². The largest absolute Gasteiger partial charge is 0.368 e. The Balaban J connectivity index is 2.16. The molecule has 19 heavy (non-hydrogen) atoms. The highest BCUT2D eigenvalue weighted by atomic mass is 16.1. The molecule has 1 amide bonds. The molecule has 0 saturated carbocycles. The lowest BCUT2D eigenvalue weighted by Crippen LogP contribution is -2.40. The highest BCUT2D eigenvalue weighted by Crippen LogP contribution is 2.28. The fraction of sp³-hybridized carbons (Fsp3) is 0.533.